The van der Waals surface area contributed by atoms with E-state index in [2.05, 4.69) is 12.1 Å². The molecule has 17 heavy (non-hydrogen) atoms. The fourth-order valence-corrected chi connectivity index (χ4v) is 1.76. The highest BCUT2D eigenvalue weighted by Gasteiger charge is 2.03. The van der Waals surface area contributed by atoms with Crippen LogP contribution in [0.25, 0.3) is 0 Å². The van der Waals surface area contributed by atoms with Gasteiger partial charge in [0.05, 0.1) is 0 Å². The lowest BCUT2D eigenvalue weighted by Gasteiger charge is -2.17. The Morgan fingerprint density at radius 2 is 1.47 bits per heavy atom. The van der Waals surface area contributed by atoms with Crippen LogP contribution in [0.3, 0.4) is 0 Å². The monoisotopic (exact) mass is 225 g/mol. The standard InChI is InChI=1S/C15H15NO/c17-13-16(15-9-5-2-6-10-15)12-11-14-7-3-1-4-8-14/h1-10,13H,11-12H2. The third-order valence-electron chi connectivity index (χ3n) is 2.70. The first-order valence-electron chi connectivity index (χ1n) is 5.71. The van der Waals surface area contributed by atoms with E-state index in [4.69, 9.17) is 0 Å². The summed E-state index contributed by atoms with van der Waals surface area (Å²) in [6, 6.07) is 19.9. The van der Waals surface area contributed by atoms with Gasteiger partial charge < -0.3 is 4.90 Å². The van der Waals surface area contributed by atoms with Crippen molar-refractivity contribution in [2.24, 2.45) is 0 Å². The summed E-state index contributed by atoms with van der Waals surface area (Å²) < 4.78 is 0. The molecule has 86 valence electrons. The zero-order chi connectivity index (χ0) is 11.9. The Morgan fingerprint density at radius 1 is 0.882 bits per heavy atom. The van der Waals surface area contributed by atoms with Gasteiger partial charge in [0.15, 0.2) is 0 Å². The molecule has 2 nitrogen and oxygen atoms in total. The molecule has 0 aliphatic rings. The molecule has 0 saturated carbocycles. The van der Waals surface area contributed by atoms with Crippen molar-refractivity contribution in [2.45, 2.75) is 6.42 Å². The highest BCUT2D eigenvalue weighted by Crippen LogP contribution is 2.12. The number of nitrogens with zero attached hydrogens (tertiary/aromatic N) is 1. The van der Waals surface area contributed by atoms with Crippen molar-refractivity contribution in [2.75, 3.05) is 11.4 Å². The van der Waals surface area contributed by atoms with Crippen molar-refractivity contribution >= 4 is 12.1 Å². The molecule has 1 amide bonds. The summed E-state index contributed by atoms with van der Waals surface area (Å²) in [6.45, 7) is 0.706. The second-order valence-electron chi connectivity index (χ2n) is 3.87. The summed E-state index contributed by atoms with van der Waals surface area (Å²) in [4.78, 5) is 12.8. The SMILES string of the molecule is O=CN(CCc1ccccc1)c1ccccc1. The van der Waals surface area contributed by atoms with Gasteiger partial charge in [-0.25, -0.2) is 0 Å². The topological polar surface area (TPSA) is 20.3 Å². The smallest absolute Gasteiger partial charge is 0.214 e. The average Bonchev–Trinajstić information content (AvgIpc) is 2.42. The van der Waals surface area contributed by atoms with Crippen LogP contribution in [0.1, 0.15) is 5.56 Å². The van der Waals surface area contributed by atoms with Crippen molar-refractivity contribution in [3.63, 3.8) is 0 Å². The molecular formula is C15H15NO. The maximum Gasteiger partial charge on any atom is 0.214 e. The summed E-state index contributed by atoms with van der Waals surface area (Å²) in [6.07, 6.45) is 1.76. The van der Waals surface area contributed by atoms with Gasteiger partial charge in [0, 0.05) is 12.2 Å². The third kappa shape index (κ3) is 3.18. The lowest BCUT2D eigenvalue weighted by molar-refractivity contribution is -0.107. The van der Waals surface area contributed by atoms with Crippen LogP contribution in [0, 0.1) is 0 Å². The Kier molecular flexibility index (Phi) is 3.92. The van der Waals surface area contributed by atoms with Gasteiger partial charge in [-0.05, 0) is 24.1 Å². The van der Waals surface area contributed by atoms with Crippen LogP contribution < -0.4 is 4.90 Å². The predicted octanol–water partition coefficient (Wildman–Crippen LogP) is 2.89. The van der Waals surface area contributed by atoms with Crippen molar-refractivity contribution in [3.05, 3.63) is 66.2 Å². The summed E-state index contributed by atoms with van der Waals surface area (Å²) in [5.41, 5.74) is 2.19. The van der Waals surface area contributed by atoms with Gasteiger partial charge in [0.2, 0.25) is 6.41 Å². The van der Waals surface area contributed by atoms with E-state index >= 15 is 0 Å². The van der Waals surface area contributed by atoms with Crippen LogP contribution in [0.2, 0.25) is 0 Å². The lowest BCUT2D eigenvalue weighted by atomic mass is 10.1. The molecule has 0 radical (unpaired) electrons. The van der Waals surface area contributed by atoms with E-state index in [1.165, 1.54) is 5.56 Å². The lowest BCUT2D eigenvalue weighted by Crippen LogP contribution is -2.23. The second-order valence-corrected chi connectivity index (χ2v) is 3.87. The molecule has 0 bridgehead atoms. The number of amides is 1. The van der Waals surface area contributed by atoms with Gasteiger partial charge in [-0.15, -0.1) is 0 Å². The van der Waals surface area contributed by atoms with Gasteiger partial charge in [0.25, 0.3) is 0 Å². The molecule has 2 rings (SSSR count). The number of benzene rings is 2. The molecule has 0 unspecified atom stereocenters. The fraction of sp³-hybridized carbons (Fsp3) is 0.133. The highest BCUT2D eigenvalue weighted by atomic mass is 16.1. The molecule has 0 N–H and O–H groups in total. The molecule has 2 heteroatoms. The Bertz CT molecular complexity index is 453. The first-order valence-corrected chi connectivity index (χ1v) is 5.71. The Balaban J connectivity index is 2.00. The van der Waals surface area contributed by atoms with E-state index in [9.17, 15) is 4.79 Å². The van der Waals surface area contributed by atoms with Gasteiger partial charge in [-0.1, -0.05) is 48.5 Å². The van der Waals surface area contributed by atoms with E-state index < -0.39 is 0 Å². The number of para-hydroxylation sites is 1. The number of hydrogen-bond donors (Lipinski definition) is 0. The third-order valence-corrected chi connectivity index (χ3v) is 2.70. The van der Waals surface area contributed by atoms with E-state index in [-0.39, 0.29) is 0 Å². The normalized spacial score (nSPS) is 9.88. The largest absolute Gasteiger partial charge is 0.315 e. The maximum absolute atomic E-state index is 11.1. The first-order chi connectivity index (χ1) is 8.40. The van der Waals surface area contributed by atoms with Gasteiger partial charge in [0.1, 0.15) is 0 Å². The van der Waals surface area contributed by atoms with Crippen LogP contribution in [0.4, 0.5) is 5.69 Å². The maximum atomic E-state index is 11.1. The summed E-state index contributed by atoms with van der Waals surface area (Å²) in [5.74, 6) is 0. The molecule has 0 aromatic heterocycles. The molecule has 2 aromatic rings. The van der Waals surface area contributed by atoms with E-state index in [1.807, 2.05) is 48.5 Å². The summed E-state index contributed by atoms with van der Waals surface area (Å²) >= 11 is 0. The van der Waals surface area contributed by atoms with Crippen molar-refractivity contribution < 1.29 is 4.79 Å². The first kappa shape index (κ1) is 11.4. The predicted molar refractivity (Wildman–Crippen MR) is 70.0 cm³/mol. The quantitative estimate of drug-likeness (QED) is 0.716. The number of hydrogen-bond acceptors (Lipinski definition) is 1. The Morgan fingerprint density at radius 3 is 2.06 bits per heavy atom. The number of rotatable bonds is 5. The fourth-order valence-electron chi connectivity index (χ4n) is 1.76. The van der Waals surface area contributed by atoms with Gasteiger partial charge in [-0.2, -0.15) is 0 Å². The molecule has 0 aliphatic carbocycles. The number of carbonyl (C=O) groups is 1. The Hall–Kier alpha value is -2.09. The molecule has 0 atom stereocenters. The number of carbonyl (C=O) groups excluding carboxylic acids is 1. The average molecular weight is 225 g/mol. The Labute approximate surface area is 102 Å². The molecule has 0 aliphatic heterocycles. The van der Waals surface area contributed by atoms with Gasteiger partial charge >= 0.3 is 0 Å². The number of anilines is 1. The van der Waals surface area contributed by atoms with Crippen molar-refractivity contribution in [1.29, 1.82) is 0 Å². The van der Waals surface area contributed by atoms with Crippen molar-refractivity contribution in [1.82, 2.24) is 0 Å². The van der Waals surface area contributed by atoms with E-state index in [0.29, 0.717) is 6.54 Å². The van der Waals surface area contributed by atoms with Crippen LogP contribution in [0.15, 0.2) is 60.7 Å². The van der Waals surface area contributed by atoms with Crippen LogP contribution in [-0.2, 0) is 11.2 Å². The molecule has 2 aromatic carbocycles. The molecular weight excluding hydrogens is 210 g/mol. The minimum absolute atomic E-state index is 0.706. The van der Waals surface area contributed by atoms with Crippen LogP contribution >= 0.6 is 0 Å². The van der Waals surface area contributed by atoms with Crippen molar-refractivity contribution in [3.8, 4) is 0 Å². The van der Waals surface area contributed by atoms with E-state index in [0.717, 1.165) is 18.5 Å². The zero-order valence-corrected chi connectivity index (χ0v) is 9.62. The second kappa shape index (κ2) is 5.85. The highest BCUT2D eigenvalue weighted by molar-refractivity contribution is 5.74. The minimum atomic E-state index is 0.706. The molecule has 0 fully saturated rings. The molecule has 0 saturated heterocycles. The van der Waals surface area contributed by atoms with E-state index in [1.54, 1.807) is 4.90 Å². The zero-order valence-electron chi connectivity index (χ0n) is 9.62. The van der Waals surface area contributed by atoms with Crippen LogP contribution in [0.5, 0.6) is 0 Å². The van der Waals surface area contributed by atoms with Gasteiger partial charge in [-0.3, -0.25) is 4.79 Å². The summed E-state index contributed by atoms with van der Waals surface area (Å²) in [7, 11) is 0. The molecule has 0 heterocycles. The van der Waals surface area contributed by atoms with Crippen LogP contribution in [-0.4, -0.2) is 13.0 Å². The molecule has 0 spiro atoms. The summed E-state index contributed by atoms with van der Waals surface area (Å²) in [5, 5.41) is 0. The minimum Gasteiger partial charge on any atom is -0.315 e.